The Morgan fingerprint density at radius 1 is 1.21 bits per heavy atom. The zero-order chi connectivity index (χ0) is 14.8. The van der Waals surface area contributed by atoms with Crippen LogP contribution in [0.2, 0.25) is 0 Å². The van der Waals surface area contributed by atoms with Gasteiger partial charge in [0.15, 0.2) is 0 Å². The molecule has 0 fully saturated rings. The minimum absolute atomic E-state index is 0.0293. The van der Waals surface area contributed by atoms with Crippen molar-refractivity contribution in [2.24, 2.45) is 0 Å². The van der Waals surface area contributed by atoms with Crippen molar-refractivity contribution in [1.82, 2.24) is 10.2 Å². The van der Waals surface area contributed by atoms with Crippen molar-refractivity contribution in [3.05, 3.63) is 0 Å². The largest absolute Gasteiger partial charge is 0.468 e. The minimum atomic E-state index is -0.321. The molecule has 0 saturated carbocycles. The molecule has 0 aromatic carbocycles. The average molecular weight is 272 g/mol. The van der Waals surface area contributed by atoms with Crippen molar-refractivity contribution in [1.29, 1.82) is 0 Å². The Bertz CT molecular complexity index is 282. The Morgan fingerprint density at radius 2 is 1.84 bits per heavy atom. The van der Waals surface area contributed by atoms with Gasteiger partial charge in [-0.1, -0.05) is 20.3 Å². The second-order valence-corrected chi connectivity index (χ2v) is 4.92. The maximum absolute atomic E-state index is 12.1. The van der Waals surface area contributed by atoms with Crippen molar-refractivity contribution in [3.63, 3.8) is 0 Å². The Morgan fingerprint density at radius 3 is 2.32 bits per heavy atom. The summed E-state index contributed by atoms with van der Waals surface area (Å²) in [5.41, 5.74) is 0. The Hall–Kier alpha value is -1.10. The zero-order valence-corrected chi connectivity index (χ0v) is 12.9. The van der Waals surface area contributed by atoms with Crippen LogP contribution in [-0.2, 0) is 14.3 Å². The number of amides is 1. The molecule has 0 rings (SSSR count). The number of carbonyl (C=O) groups excluding carboxylic acids is 2. The summed E-state index contributed by atoms with van der Waals surface area (Å²) in [5.74, 6) is -0.340. The third-order valence-electron chi connectivity index (χ3n) is 3.11. The predicted molar refractivity (Wildman–Crippen MR) is 75.9 cm³/mol. The summed E-state index contributed by atoms with van der Waals surface area (Å²) in [7, 11) is 1.36. The summed E-state index contributed by atoms with van der Waals surface area (Å²) >= 11 is 0. The number of rotatable bonds is 9. The quantitative estimate of drug-likeness (QED) is 0.647. The molecule has 0 bridgehead atoms. The number of nitrogens with zero attached hydrogens (tertiary/aromatic N) is 1. The van der Waals surface area contributed by atoms with Crippen molar-refractivity contribution in [2.45, 2.75) is 59.0 Å². The first-order valence-corrected chi connectivity index (χ1v) is 7.07. The Labute approximate surface area is 116 Å². The van der Waals surface area contributed by atoms with Crippen molar-refractivity contribution < 1.29 is 14.3 Å². The summed E-state index contributed by atoms with van der Waals surface area (Å²) in [6, 6.07) is -0.153. The molecular weight excluding hydrogens is 244 g/mol. The Balaban J connectivity index is 4.47. The fourth-order valence-corrected chi connectivity index (χ4v) is 1.96. The van der Waals surface area contributed by atoms with Gasteiger partial charge < -0.3 is 10.1 Å². The molecule has 1 N–H and O–H groups in total. The standard InChI is InChI=1S/C14H28N2O3/c1-6-8-11(3)15-14(18)12(4)16(9-7-2)10-13(17)19-5/h11-12H,6-10H2,1-5H3,(H,15,18). The monoisotopic (exact) mass is 272 g/mol. The van der Waals surface area contributed by atoms with Gasteiger partial charge in [-0.3, -0.25) is 14.5 Å². The van der Waals surface area contributed by atoms with Crippen LogP contribution in [-0.4, -0.2) is 49.1 Å². The third-order valence-corrected chi connectivity index (χ3v) is 3.11. The second-order valence-electron chi connectivity index (χ2n) is 4.92. The van der Waals surface area contributed by atoms with E-state index >= 15 is 0 Å². The topological polar surface area (TPSA) is 58.6 Å². The highest BCUT2D eigenvalue weighted by Gasteiger charge is 2.23. The van der Waals surface area contributed by atoms with Crippen LogP contribution in [0.3, 0.4) is 0 Å². The predicted octanol–water partition coefficient (Wildman–Crippen LogP) is 1.56. The maximum Gasteiger partial charge on any atom is 0.319 e. The van der Waals surface area contributed by atoms with Gasteiger partial charge in [-0.15, -0.1) is 0 Å². The van der Waals surface area contributed by atoms with Gasteiger partial charge in [-0.2, -0.15) is 0 Å². The zero-order valence-electron chi connectivity index (χ0n) is 12.9. The number of hydrogen-bond acceptors (Lipinski definition) is 4. The van der Waals surface area contributed by atoms with Crippen LogP contribution in [0.25, 0.3) is 0 Å². The number of nitrogens with one attached hydrogen (secondary N) is 1. The molecule has 0 radical (unpaired) electrons. The average Bonchev–Trinajstić information content (AvgIpc) is 2.37. The Kier molecular flexibility index (Phi) is 9.21. The first kappa shape index (κ1) is 17.9. The van der Waals surface area contributed by atoms with Gasteiger partial charge in [0.1, 0.15) is 0 Å². The summed E-state index contributed by atoms with van der Waals surface area (Å²) in [6.45, 7) is 8.79. The number of ether oxygens (including phenoxy) is 1. The van der Waals surface area contributed by atoms with Crippen LogP contribution in [0.1, 0.15) is 47.0 Å². The molecule has 0 aromatic heterocycles. The van der Waals surface area contributed by atoms with E-state index < -0.39 is 0 Å². The molecule has 0 aromatic rings. The molecule has 2 atom stereocenters. The molecule has 0 aliphatic carbocycles. The minimum Gasteiger partial charge on any atom is -0.468 e. The second kappa shape index (κ2) is 9.78. The van der Waals surface area contributed by atoms with Crippen molar-refractivity contribution in [3.8, 4) is 0 Å². The summed E-state index contributed by atoms with van der Waals surface area (Å²) in [4.78, 5) is 25.3. The molecule has 5 heteroatoms. The summed E-state index contributed by atoms with van der Waals surface area (Å²) in [6.07, 6.45) is 2.89. The molecule has 0 aliphatic heterocycles. The lowest BCUT2D eigenvalue weighted by atomic mass is 10.1. The van der Waals surface area contributed by atoms with E-state index in [1.165, 1.54) is 7.11 Å². The third kappa shape index (κ3) is 7.15. The van der Waals surface area contributed by atoms with Gasteiger partial charge >= 0.3 is 5.97 Å². The molecule has 1 amide bonds. The van der Waals surface area contributed by atoms with Crippen molar-refractivity contribution >= 4 is 11.9 Å². The lowest BCUT2D eigenvalue weighted by molar-refractivity contribution is -0.143. The molecule has 0 saturated heterocycles. The van der Waals surface area contributed by atoms with Gasteiger partial charge in [0.25, 0.3) is 0 Å². The number of esters is 1. The fraction of sp³-hybridized carbons (Fsp3) is 0.857. The lowest BCUT2D eigenvalue weighted by Crippen LogP contribution is -2.49. The molecule has 0 heterocycles. The van der Waals surface area contributed by atoms with E-state index in [9.17, 15) is 9.59 Å². The first-order chi connectivity index (χ1) is 8.96. The van der Waals surface area contributed by atoms with Crippen LogP contribution < -0.4 is 5.32 Å². The van der Waals surface area contributed by atoms with E-state index in [1.807, 2.05) is 25.7 Å². The number of carbonyl (C=O) groups is 2. The van der Waals surface area contributed by atoms with Crippen LogP contribution in [0.15, 0.2) is 0 Å². The summed E-state index contributed by atoms with van der Waals surface area (Å²) in [5, 5.41) is 2.98. The van der Waals surface area contributed by atoms with E-state index in [1.54, 1.807) is 0 Å². The van der Waals surface area contributed by atoms with E-state index in [0.717, 1.165) is 19.3 Å². The number of methoxy groups -OCH3 is 1. The smallest absolute Gasteiger partial charge is 0.319 e. The van der Waals surface area contributed by atoms with E-state index in [-0.39, 0.29) is 30.5 Å². The SMILES string of the molecule is CCCC(C)NC(=O)C(C)N(CCC)CC(=O)OC. The molecular formula is C14H28N2O3. The van der Waals surface area contributed by atoms with Crippen LogP contribution >= 0.6 is 0 Å². The van der Waals surface area contributed by atoms with Crippen LogP contribution in [0.5, 0.6) is 0 Å². The maximum atomic E-state index is 12.1. The van der Waals surface area contributed by atoms with Gasteiger partial charge in [-0.05, 0) is 33.2 Å². The molecule has 0 spiro atoms. The molecule has 112 valence electrons. The highest BCUT2D eigenvalue weighted by atomic mass is 16.5. The molecule has 0 aliphatic rings. The molecule has 5 nitrogen and oxygen atoms in total. The first-order valence-electron chi connectivity index (χ1n) is 7.07. The fourth-order valence-electron chi connectivity index (χ4n) is 1.96. The van der Waals surface area contributed by atoms with Crippen molar-refractivity contribution in [2.75, 3.05) is 20.2 Å². The van der Waals surface area contributed by atoms with Crippen LogP contribution in [0.4, 0.5) is 0 Å². The van der Waals surface area contributed by atoms with E-state index in [2.05, 4.69) is 17.0 Å². The van der Waals surface area contributed by atoms with Gasteiger partial charge in [0.05, 0.1) is 19.7 Å². The summed E-state index contributed by atoms with van der Waals surface area (Å²) < 4.78 is 4.66. The highest BCUT2D eigenvalue weighted by molar-refractivity contribution is 5.82. The lowest BCUT2D eigenvalue weighted by Gasteiger charge is -2.27. The number of hydrogen-bond donors (Lipinski definition) is 1. The van der Waals surface area contributed by atoms with E-state index in [0.29, 0.717) is 6.54 Å². The van der Waals surface area contributed by atoms with Crippen LogP contribution in [0, 0.1) is 0 Å². The van der Waals surface area contributed by atoms with Gasteiger partial charge in [0.2, 0.25) is 5.91 Å². The van der Waals surface area contributed by atoms with Gasteiger partial charge in [-0.25, -0.2) is 0 Å². The molecule has 19 heavy (non-hydrogen) atoms. The van der Waals surface area contributed by atoms with Gasteiger partial charge in [0, 0.05) is 6.04 Å². The molecule has 2 unspecified atom stereocenters. The van der Waals surface area contributed by atoms with E-state index in [4.69, 9.17) is 0 Å². The highest BCUT2D eigenvalue weighted by Crippen LogP contribution is 2.03. The normalized spacial score (nSPS) is 14.0.